The fraction of sp³-hybridized carbons (Fsp3) is 0.261. The van der Waals surface area contributed by atoms with Crippen LogP contribution in [0.4, 0.5) is 0 Å². The molecule has 47 heavy (non-hydrogen) atoms. The summed E-state index contributed by atoms with van der Waals surface area (Å²) >= 11 is 4.72. The number of halogens is 1. The summed E-state index contributed by atoms with van der Waals surface area (Å²) < 4.78 is -0.630. The normalized spacial score (nSPS) is 14.4. The minimum atomic E-state index is -0.630. The van der Waals surface area contributed by atoms with E-state index in [2.05, 4.69) is 161 Å². The molecule has 0 saturated carbocycles. The third-order valence-electron chi connectivity index (χ3n) is 9.50. The topological polar surface area (TPSA) is 0 Å². The quantitative estimate of drug-likeness (QED) is 0.162. The number of hydrogen-bond donors (Lipinski definition) is 0. The molecule has 0 aromatic heterocycles. The van der Waals surface area contributed by atoms with Crippen molar-refractivity contribution in [1.29, 1.82) is 0 Å². The smallest absolute Gasteiger partial charge is 0.0694 e. The summed E-state index contributed by atoms with van der Waals surface area (Å²) in [6.07, 6.45) is 0. The van der Waals surface area contributed by atoms with E-state index in [4.69, 9.17) is 15.9 Å². The van der Waals surface area contributed by atoms with Crippen molar-refractivity contribution in [3.05, 3.63) is 174 Å². The van der Waals surface area contributed by atoms with Crippen molar-refractivity contribution in [3.8, 4) is 0 Å². The molecular weight excluding hydrogens is 632 g/mol. The lowest BCUT2D eigenvalue weighted by Gasteiger charge is -2.35. The lowest BCUT2D eigenvalue weighted by molar-refractivity contribution is 1.02. The highest BCUT2D eigenvalue weighted by Crippen LogP contribution is 2.66. The Bertz CT molecular complexity index is 1920. The molecule has 0 amide bonds. The van der Waals surface area contributed by atoms with E-state index in [0.717, 1.165) is 0 Å². The molecule has 0 aliphatic heterocycles. The van der Waals surface area contributed by atoms with Gasteiger partial charge in [-0.2, -0.15) is 0 Å². The van der Waals surface area contributed by atoms with Crippen LogP contribution in [-0.4, -0.2) is 0 Å². The standard InChI is InChI=1S/C46H47Br/c1-26-12-27(2)19-37(18-26)41-42(38-20-28(3)13-29(4)21-38)45(40-24-32(7)15-33(8)25-40)46(47,43-35(10)16-34(9)17-36(43)11)44(41)39-22-30(5)14-31(6)23-39/h12-25H,1-11H3. The lowest BCUT2D eigenvalue weighted by atomic mass is 9.76. The van der Waals surface area contributed by atoms with Gasteiger partial charge in [-0.3, -0.25) is 0 Å². The van der Waals surface area contributed by atoms with Crippen molar-refractivity contribution in [3.63, 3.8) is 0 Å². The fourth-order valence-corrected chi connectivity index (χ4v) is 9.91. The van der Waals surface area contributed by atoms with E-state index in [0.29, 0.717) is 0 Å². The molecule has 0 atom stereocenters. The number of alkyl halides is 1. The monoisotopic (exact) mass is 678 g/mol. The first-order chi connectivity index (χ1) is 22.1. The van der Waals surface area contributed by atoms with Gasteiger partial charge in [0.25, 0.3) is 0 Å². The number of aryl methyl sites for hydroxylation is 11. The number of benzene rings is 5. The summed E-state index contributed by atoms with van der Waals surface area (Å²) in [5.74, 6) is 0. The van der Waals surface area contributed by atoms with Crippen molar-refractivity contribution < 1.29 is 0 Å². The number of rotatable bonds is 5. The van der Waals surface area contributed by atoms with Crippen molar-refractivity contribution >= 4 is 38.2 Å². The van der Waals surface area contributed by atoms with Crippen molar-refractivity contribution in [2.45, 2.75) is 80.5 Å². The molecule has 1 aliphatic rings. The summed E-state index contributed by atoms with van der Waals surface area (Å²) in [5, 5.41) is 0. The molecule has 5 aromatic carbocycles. The Morgan fingerprint density at radius 2 is 0.553 bits per heavy atom. The van der Waals surface area contributed by atoms with E-state index >= 15 is 0 Å². The molecule has 0 radical (unpaired) electrons. The molecule has 0 spiro atoms. The van der Waals surface area contributed by atoms with E-state index in [1.807, 2.05) is 0 Å². The van der Waals surface area contributed by atoms with Gasteiger partial charge in [-0.15, -0.1) is 0 Å². The van der Waals surface area contributed by atoms with Gasteiger partial charge in [0.05, 0.1) is 0 Å². The fourth-order valence-electron chi connectivity index (χ4n) is 8.43. The van der Waals surface area contributed by atoms with Crippen LogP contribution in [0, 0.1) is 76.2 Å². The third-order valence-corrected chi connectivity index (χ3v) is 10.7. The van der Waals surface area contributed by atoms with Gasteiger partial charge in [0.15, 0.2) is 0 Å². The second kappa shape index (κ2) is 12.3. The average molecular weight is 680 g/mol. The van der Waals surface area contributed by atoms with Crippen molar-refractivity contribution in [2.75, 3.05) is 0 Å². The molecule has 0 nitrogen and oxygen atoms in total. The zero-order chi connectivity index (χ0) is 33.9. The predicted octanol–water partition coefficient (Wildman–Crippen LogP) is 12.9. The first-order valence-corrected chi connectivity index (χ1v) is 17.6. The minimum Gasteiger partial charge on any atom is -0.0694 e. The van der Waals surface area contributed by atoms with Gasteiger partial charge in [-0.1, -0.05) is 151 Å². The van der Waals surface area contributed by atoms with Crippen LogP contribution in [0.5, 0.6) is 0 Å². The van der Waals surface area contributed by atoms with Gasteiger partial charge < -0.3 is 0 Å². The maximum Gasteiger partial charge on any atom is 0.103 e. The molecule has 0 heterocycles. The number of hydrogen-bond acceptors (Lipinski definition) is 0. The van der Waals surface area contributed by atoms with E-state index in [9.17, 15) is 0 Å². The molecule has 1 aliphatic carbocycles. The van der Waals surface area contributed by atoms with E-state index < -0.39 is 4.32 Å². The Morgan fingerprint density at radius 1 is 0.319 bits per heavy atom. The largest absolute Gasteiger partial charge is 0.103 e. The van der Waals surface area contributed by atoms with Crippen LogP contribution < -0.4 is 0 Å². The molecule has 238 valence electrons. The second-order valence-corrected chi connectivity index (χ2v) is 15.6. The van der Waals surface area contributed by atoms with E-state index in [-0.39, 0.29) is 0 Å². The van der Waals surface area contributed by atoms with Crippen molar-refractivity contribution in [1.82, 2.24) is 0 Å². The SMILES string of the molecule is Cc1cc(C)cc(C2=C(c3cc(C)cc(C)c3)C(Br)(c3c(C)cc(C)cc3C)C(c3cc(C)cc(C)c3)=C2c2cc(C)cc(C)c2)c1. The molecule has 0 unspecified atom stereocenters. The zero-order valence-electron chi connectivity index (χ0n) is 30.0. The highest BCUT2D eigenvalue weighted by Gasteiger charge is 2.49. The van der Waals surface area contributed by atoms with E-state index in [1.54, 1.807) is 0 Å². The van der Waals surface area contributed by atoms with Crippen LogP contribution >= 0.6 is 15.9 Å². The molecule has 5 aromatic rings. The Balaban J connectivity index is 1.95. The maximum absolute atomic E-state index is 4.72. The van der Waals surface area contributed by atoms with Gasteiger partial charge in [-0.25, -0.2) is 0 Å². The summed E-state index contributed by atoms with van der Waals surface area (Å²) in [6.45, 7) is 24.6. The average Bonchev–Trinajstić information content (AvgIpc) is 3.20. The predicted molar refractivity (Wildman–Crippen MR) is 209 cm³/mol. The maximum atomic E-state index is 4.72. The van der Waals surface area contributed by atoms with E-state index in [1.165, 1.54) is 111 Å². The summed E-state index contributed by atoms with van der Waals surface area (Å²) in [5.41, 5.74) is 25.6. The van der Waals surface area contributed by atoms with Crippen LogP contribution in [0.2, 0.25) is 0 Å². The van der Waals surface area contributed by atoms with Gasteiger partial charge >= 0.3 is 0 Å². The molecule has 1 heteroatoms. The lowest BCUT2D eigenvalue weighted by Crippen LogP contribution is -2.24. The van der Waals surface area contributed by atoms with Gasteiger partial charge in [0.1, 0.15) is 4.32 Å². The molecule has 0 bridgehead atoms. The third kappa shape index (κ3) is 6.00. The Labute approximate surface area is 291 Å². The number of allylic oxidation sites excluding steroid dienone is 4. The summed E-state index contributed by atoms with van der Waals surface area (Å²) in [7, 11) is 0. The van der Waals surface area contributed by atoms with Crippen LogP contribution in [0.1, 0.15) is 89.0 Å². The Morgan fingerprint density at radius 3 is 0.830 bits per heavy atom. The van der Waals surface area contributed by atoms with Crippen LogP contribution in [-0.2, 0) is 4.32 Å². The molecule has 0 fully saturated rings. The van der Waals surface area contributed by atoms with Crippen LogP contribution in [0.3, 0.4) is 0 Å². The highest BCUT2D eigenvalue weighted by molar-refractivity contribution is 9.10. The Kier molecular flexibility index (Phi) is 8.60. The molecule has 0 N–H and O–H groups in total. The van der Waals surface area contributed by atoms with Crippen LogP contribution in [0.15, 0.2) is 84.9 Å². The van der Waals surface area contributed by atoms with Crippen LogP contribution in [0.25, 0.3) is 22.3 Å². The zero-order valence-corrected chi connectivity index (χ0v) is 31.5. The second-order valence-electron chi connectivity index (χ2n) is 14.4. The van der Waals surface area contributed by atoms with Gasteiger partial charge in [-0.05, 0) is 137 Å². The molecule has 6 rings (SSSR count). The van der Waals surface area contributed by atoms with Gasteiger partial charge in [0.2, 0.25) is 0 Å². The summed E-state index contributed by atoms with van der Waals surface area (Å²) in [4.78, 5) is 0. The summed E-state index contributed by atoms with van der Waals surface area (Å²) in [6, 6.07) is 33.0. The highest BCUT2D eigenvalue weighted by atomic mass is 79.9. The first kappa shape index (κ1) is 33.0. The molecule has 0 saturated heterocycles. The van der Waals surface area contributed by atoms with Crippen molar-refractivity contribution in [2.24, 2.45) is 0 Å². The van der Waals surface area contributed by atoms with Gasteiger partial charge in [0, 0.05) is 0 Å². The minimum absolute atomic E-state index is 0.630. The molecular formula is C46H47Br. The first-order valence-electron chi connectivity index (χ1n) is 16.8. The Hall–Kier alpha value is -3.94.